The molecule has 22 heavy (non-hydrogen) atoms. The average molecular weight is 307 g/mol. The molecule has 0 saturated carbocycles. The summed E-state index contributed by atoms with van der Waals surface area (Å²) < 4.78 is 0. The molecule has 0 radical (unpaired) electrons. The predicted molar refractivity (Wildman–Crippen MR) is 88.1 cm³/mol. The van der Waals surface area contributed by atoms with Gasteiger partial charge in [0.25, 0.3) is 5.69 Å². The lowest BCUT2D eigenvalue weighted by molar-refractivity contribution is -0.384. The number of amides is 1. The lowest BCUT2D eigenvalue weighted by atomic mass is 10.1. The number of aryl methyl sites for hydroxylation is 1. The molecule has 0 aliphatic carbocycles. The molecule has 0 aliphatic rings. The van der Waals surface area contributed by atoms with Crippen molar-refractivity contribution in [3.63, 3.8) is 0 Å². The highest BCUT2D eigenvalue weighted by Gasteiger charge is 2.11. The minimum atomic E-state index is -0.439. The van der Waals surface area contributed by atoms with E-state index in [1.807, 2.05) is 0 Å². The predicted octanol–water partition coefficient (Wildman–Crippen LogP) is 3.35. The zero-order valence-electron chi connectivity index (χ0n) is 13.6. The molecule has 0 unspecified atom stereocenters. The molecular weight excluding hydrogens is 282 g/mol. The number of benzene rings is 1. The summed E-state index contributed by atoms with van der Waals surface area (Å²) in [5.74, 6) is -0.0631. The van der Waals surface area contributed by atoms with Gasteiger partial charge in [-0.2, -0.15) is 0 Å². The second-order valence-corrected chi connectivity index (χ2v) is 5.34. The van der Waals surface area contributed by atoms with E-state index in [4.69, 9.17) is 0 Å². The van der Waals surface area contributed by atoms with E-state index in [2.05, 4.69) is 24.1 Å². The SMILES string of the molecule is CCCCN(CC)CCC(=O)Nc1ccc([N+](=O)[O-])cc1C. The molecule has 1 N–H and O–H groups in total. The first-order valence-corrected chi connectivity index (χ1v) is 7.75. The zero-order chi connectivity index (χ0) is 16.5. The first kappa shape index (κ1) is 18.1. The van der Waals surface area contributed by atoms with Crippen molar-refractivity contribution in [2.45, 2.75) is 40.0 Å². The van der Waals surface area contributed by atoms with Crippen LogP contribution in [0, 0.1) is 17.0 Å². The molecule has 0 saturated heterocycles. The molecule has 122 valence electrons. The summed E-state index contributed by atoms with van der Waals surface area (Å²) in [7, 11) is 0. The van der Waals surface area contributed by atoms with E-state index in [0.29, 0.717) is 17.7 Å². The van der Waals surface area contributed by atoms with Gasteiger partial charge in [-0.25, -0.2) is 0 Å². The fourth-order valence-electron chi connectivity index (χ4n) is 2.18. The number of carbonyl (C=O) groups is 1. The highest BCUT2D eigenvalue weighted by molar-refractivity contribution is 5.91. The first-order chi connectivity index (χ1) is 10.5. The van der Waals surface area contributed by atoms with Gasteiger partial charge in [-0.1, -0.05) is 20.3 Å². The molecule has 6 nitrogen and oxygen atoms in total. The van der Waals surface area contributed by atoms with Gasteiger partial charge in [-0.3, -0.25) is 14.9 Å². The van der Waals surface area contributed by atoms with Crippen molar-refractivity contribution in [3.8, 4) is 0 Å². The molecule has 0 aliphatic heterocycles. The van der Waals surface area contributed by atoms with Gasteiger partial charge in [-0.05, 0) is 38.1 Å². The smallest absolute Gasteiger partial charge is 0.269 e. The molecule has 0 atom stereocenters. The number of carbonyl (C=O) groups excluding carboxylic acids is 1. The normalized spacial score (nSPS) is 10.7. The van der Waals surface area contributed by atoms with Gasteiger partial charge < -0.3 is 10.2 Å². The van der Waals surface area contributed by atoms with E-state index < -0.39 is 4.92 Å². The van der Waals surface area contributed by atoms with Gasteiger partial charge in [0.15, 0.2) is 0 Å². The number of non-ortho nitro benzene ring substituents is 1. The van der Waals surface area contributed by atoms with E-state index in [1.54, 1.807) is 13.0 Å². The third-order valence-corrected chi connectivity index (χ3v) is 3.63. The molecule has 1 amide bonds. The van der Waals surface area contributed by atoms with Crippen LogP contribution in [0.4, 0.5) is 11.4 Å². The van der Waals surface area contributed by atoms with Crippen LogP contribution in [0.1, 0.15) is 38.7 Å². The summed E-state index contributed by atoms with van der Waals surface area (Å²) >= 11 is 0. The van der Waals surface area contributed by atoms with Gasteiger partial charge in [0, 0.05) is 30.8 Å². The van der Waals surface area contributed by atoms with Gasteiger partial charge in [0.1, 0.15) is 0 Å². The summed E-state index contributed by atoms with van der Waals surface area (Å²) in [6, 6.07) is 4.46. The number of nitrogens with zero attached hydrogens (tertiary/aromatic N) is 2. The van der Waals surface area contributed by atoms with Crippen LogP contribution in [0.15, 0.2) is 18.2 Å². The summed E-state index contributed by atoms with van der Waals surface area (Å²) in [5.41, 5.74) is 1.36. The highest BCUT2D eigenvalue weighted by atomic mass is 16.6. The Morgan fingerprint density at radius 2 is 2.05 bits per heavy atom. The lowest BCUT2D eigenvalue weighted by Gasteiger charge is -2.19. The maximum Gasteiger partial charge on any atom is 0.269 e. The number of hydrogen-bond acceptors (Lipinski definition) is 4. The number of hydrogen-bond donors (Lipinski definition) is 1. The third kappa shape index (κ3) is 5.81. The van der Waals surface area contributed by atoms with Crippen LogP contribution in [0.5, 0.6) is 0 Å². The van der Waals surface area contributed by atoms with Crippen LogP contribution >= 0.6 is 0 Å². The number of anilines is 1. The van der Waals surface area contributed by atoms with Crippen LogP contribution in [0.25, 0.3) is 0 Å². The van der Waals surface area contributed by atoms with Crippen molar-refractivity contribution in [1.29, 1.82) is 0 Å². The summed E-state index contributed by atoms with van der Waals surface area (Å²) in [6.07, 6.45) is 2.70. The van der Waals surface area contributed by atoms with Crippen molar-refractivity contribution in [2.24, 2.45) is 0 Å². The Labute approximate surface area is 131 Å². The average Bonchev–Trinajstić information content (AvgIpc) is 2.49. The maximum atomic E-state index is 12.0. The van der Waals surface area contributed by atoms with Crippen molar-refractivity contribution in [1.82, 2.24) is 4.90 Å². The number of nitrogens with one attached hydrogen (secondary N) is 1. The minimum Gasteiger partial charge on any atom is -0.326 e. The van der Waals surface area contributed by atoms with Crippen molar-refractivity contribution >= 4 is 17.3 Å². The van der Waals surface area contributed by atoms with Crippen molar-refractivity contribution < 1.29 is 9.72 Å². The first-order valence-electron chi connectivity index (χ1n) is 7.75. The van der Waals surface area contributed by atoms with Crippen LogP contribution in [-0.2, 0) is 4.79 Å². The summed E-state index contributed by atoms with van der Waals surface area (Å²) in [4.78, 5) is 24.5. The molecular formula is C16H25N3O3. The Kier molecular flexibility index (Phi) is 7.52. The summed E-state index contributed by atoms with van der Waals surface area (Å²) in [6.45, 7) is 8.67. The van der Waals surface area contributed by atoms with Crippen LogP contribution in [0.2, 0.25) is 0 Å². The van der Waals surface area contributed by atoms with Crippen molar-refractivity contribution in [2.75, 3.05) is 25.0 Å². The second kappa shape index (κ2) is 9.15. The van der Waals surface area contributed by atoms with E-state index in [1.165, 1.54) is 12.1 Å². The lowest BCUT2D eigenvalue weighted by Crippen LogP contribution is -2.28. The molecule has 0 heterocycles. The van der Waals surface area contributed by atoms with E-state index in [9.17, 15) is 14.9 Å². The quantitative estimate of drug-likeness (QED) is 0.560. The maximum absolute atomic E-state index is 12.0. The van der Waals surface area contributed by atoms with Crippen LogP contribution in [0.3, 0.4) is 0 Å². The second-order valence-electron chi connectivity index (χ2n) is 5.34. The van der Waals surface area contributed by atoms with Gasteiger partial charge in [0.05, 0.1) is 4.92 Å². The Balaban J connectivity index is 2.53. The topological polar surface area (TPSA) is 75.5 Å². The monoisotopic (exact) mass is 307 g/mol. The van der Waals surface area contributed by atoms with Gasteiger partial charge in [0.2, 0.25) is 5.91 Å². The highest BCUT2D eigenvalue weighted by Crippen LogP contribution is 2.21. The molecule has 0 fully saturated rings. The molecule has 1 aromatic carbocycles. The Bertz CT molecular complexity index is 517. The van der Waals surface area contributed by atoms with Crippen molar-refractivity contribution in [3.05, 3.63) is 33.9 Å². The van der Waals surface area contributed by atoms with E-state index in [0.717, 1.165) is 32.5 Å². The van der Waals surface area contributed by atoms with E-state index >= 15 is 0 Å². The molecule has 1 rings (SSSR count). The number of unbranched alkanes of at least 4 members (excludes halogenated alkanes) is 1. The molecule has 0 spiro atoms. The fraction of sp³-hybridized carbons (Fsp3) is 0.562. The van der Waals surface area contributed by atoms with Crippen LogP contribution < -0.4 is 5.32 Å². The Morgan fingerprint density at radius 1 is 1.32 bits per heavy atom. The summed E-state index contributed by atoms with van der Waals surface area (Å²) in [5, 5.41) is 13.5. The minimum absolute atomic E-state index is 0.0345. The zero-order valence-corrected chi connectivity index (χ0v) is 13.6. The molecule has 6 heteroatoms. The van der Waals surface area contributed by atoms with Crippen LogP contribution in [-0.4, -0.2) is 35.4 Å². The Hall–Kier alpha value is -1.95. The number of rotatable bonds is 9. The molecule has 0 bridgehead atoms. The fourth-order valence-corrected chi connectivity index (χ4v) is 2.18. The number of nitro benzene ring substituents is 1. The van der Waals surface area contributed by atoms with Gasteiger partial charge >= 0.3 is 0 Å². The Morgan fingerprint density at radius 3 is 2.59 bits per heavy atom. The molecule has 0 aromatic heterocycles. The largest absolute Gasteiger partial charge is 0.326 e. The number of nitro groups is 1. The molecule has 1 aromatic rings. The third-order valence-electron chi connectivity index (χ3n) is 3.63. The van der Waals surface area contributed by atoms with E-state index in [-0.39, 0.29) is 11.6 Å². The standard InChI is InChI=1S/C16H25N3O3/c1-4-6-10-18(5-2)11-9-16(20)17-15-8-7-14(19(21)22)12-13(15)3/h7-8,12H,4-6,9-11H2,1-3H3,(H,17,20). The van der Waals surface area contributed by atoms with Gasteiger partial charge in [-0.15, -0.1) is 0 Å².